The van der Waals surface area contributed by atoms with Gasteiger partial charge in [0.05, 0.1) is 24.2 Å². The Morgan fingerprint density at radius 1 is 1.18 bits per heavy atom. The molecule has 1 aliphatic carbocycles. The third-order valence-corrected chi connectivity index (χ3v) is 5.31. The van der Waals surface area contributed by atoms with Gasteiger partial charge in [0.1, 0.15) is 6.54 Å². The van der Waals surface area contributed by atoms with Gasteiger partial charge in [0, 0.05) is 11.1 Å². The Morgan fingerprint density at radius 3 is 2.64 bits per heavy atom. The highest BCUT2D eigenvalue weighted by molar-refractivity contribution is 5.82. The van der Waals surface area contributed by atoms with Crippen LogP contribution in [0.4, 0.5) is 0 Å². The highest BCUT2D eigenvalue weighted by atomic mass is 16.1. The molecule has 0 bridgehead atoms. The molecule has 22 heavy (non-hydrogen) atoms. The maximum atomic E-state index is 12.9. The van der Waals surface area contributed by atoms with Crippen molar-refractivity contribution in [2.24, 2.45) is 0 Å². The molecule has 0 spiro atoms. The van der Waals surface area contributed by atoms with Gasteiger partial charge in [0.25, 0.3) is 0 Å². The lowest BCUT2D eigenvalue weighted by Crippen LogP contribution is -3.12. The van der Waals surface area contributed by atoms with Gasteiger partial charge in [-0.15, -0.1) is 0 Å². The first-order chi connectivity index (χ1) is 10.6. The van der Waals surface area contributed by atoms with Crippen molar-refractivity contribution in [1.82, 2.24) is 4.98 Å². The Bertz CT molecular complexity index is 726. The Balaban J connectivity index is 1.95. The summed E-state index contributed by atoms with van der Waals surface area (Å²) in [5, 5.41) is 0.831. The first-order valence-electron chi connectivity index (χ1n) is 8.51. The second kappa shape index (κ2) is 6.25. The summed E-state index contributed by atoms with van der Waals surface area (Å²) in [7, 11) is 2.25. The number of aryl methyl sites for hydroxylation is 2. The number of fused-ring (bicyclic) bond motifs is 1. The molecular formula is C19H27N2O+. The summed E-state index contributed by atoms with van der Waals surface area (Å²) in [6.45, 7) is 4.92. The Labute approximate surface area is 132 Å². The number of rotatable bonds is 3. The van der Waals surface area contributed by atoms with Crippen LogP contribution < -0.4 is 10.3 Å². The molecule has 0 amide bonds. The van der Waals surface area contributed by atoms with E-state index >= 15 is 0 Å². The molecule has 1 aromatic carbocycles. The fourth-order valence-corrected chi connectivity index (χ4v) is 3.85. The zero-order valence-electron chi connectivity index (χ0n) is 14.0. The van der Waals surface area contributed by atoms with E-state index in [-0.39, 0.29) is 5.43 Å². The topological polar surface area (TPSA) is 37.3 Å². The van der Waals surface area contributed by atoms with E-state index in [4.69, 9.17) is 0 Å². The molecule has 3 nitrogen and oxygen atoms in total. The largest absolute Gasteiger partial charge is 0.358 e. The molecule has 1 saturated carbocycles. The van der Waals surface area contributed by atoms with Crippen molar-refractivity contribution in [2.45, 2.75) is 58.5 Å². The maximum Gasteiger partial charge on any atom is 0.198 e. The number of hydrogen-bond donors (Lipinski definition) is 2. The van der Waals surface area contributed by atoms with Crippen LogP contribution in [0, 0.1) is 13.8 Å². The van der Waals surface area contributed by atoms with Gasteiger partial charge in [-0.3, -0.25) is 4.79 Å². The smallest absolute Gasteiger partial charge is 0.198 e. The number of aromatic nitrogens is 1. The molecule has 3 rings (SSSR count). The number of nitrogens with one attached hydrogen (secondary N) is 2. The van der Waals surface area contributed by atoms with E-state index in [1.54, 1.807) is 0 Å². The van der Waals surface area contributed by atoms with Crippen LogP contribution in [0.25, 0.3) is 10.9 Å². The zero-order chi connectivity index (χ0) is 15.7. The van der Waals surface area contributed by atoms with Gasteiger partial charge in [0.2, 0.25) is 0 Å². The molecule has 2 aromatic rings. The van der Waals surface area contributed by atoms with Crippen LogP contribution in [0.1, 0.15) is 48.9 Å². The van der Waals surface area contributed by atoms with Gasteiger partial charge in [-0.05, 0) is 51.2 Å². The normalized spacial score (nSPS) is 17.8. The summed E-state index contributed by atoms with van der Waals surface area (Å²) in [5.41, 5.74) is 4.33. The van der Waals surface area contributed by atoms with E-state index in [2.05, 4.69) is 25.0 Å². The molecule has 2 N–H and O–H groups in total. The summed E-state index contributed by atoms with van der Waals surface area (Å²) in [6.07, 6.45) is 6.66. The van der Waals surface area contributed by atoms with Crippen LogP contribution in [-0.2, 0) is 6.54 Å². The average molecular weight is 299 g/mol. The molecule has 1 heterocycles. The van der Waals surface area contributed by atoms with E-state index < -0.39 is 0 Å². The van der Waals surface area contributed by atoms with Crippen LogP contribution in [0.2, 0.25) is 0 Å². The average Bonchev–Trinajstić information content (AvgIpc) is 2.53. The quantitative estimate of drug-likeness (QED) is 0.898. The first-order valence-corrected chi connectivity index (χ1v) is 8.51. The van der Waals surface area contributed by atoms with Crippen molar-refractivity contribution in [3.05, 3.63) is 45.2 Å². The molecule has 1 atom stereocenters. The molecular weight excluding hydrogens is 272 g/mol. The number of hydrogen-bond acceptors (Lipinski definition) is 1. The lowest BCUT2D eigenvalue weighted by Gasteiger charge is -2.28. The fourth-order valence-electron chi connectivity index (χ4n) is 3.85. The molecule has 0 radical (unpaired) electrons. The van der Waals surface area contributed by atoms with E-state index in [0.29, 0.717) is 6.04 Å². The second-order valence-electron chi connectivity index (χ2n) is 6.91. The van der Waals surface area contributed by atoms with Crippen molar-refractivity contribution >= 4 is 10.9 Å². The van der Waals surface area contributed by atoms with E-state index in [1.807, 2.05) is 19.1 Å². The van der Waals surface area contributed by atoms with Crippen LogP contribution in [0.3, 0.4) is 0 Å². The molecule has 1 fully saturated rings. The van der Waals surface area contributed by atoms with Crippen LogP contribution in [0.5, 0.6) is 0 Å². The molecule has 0 aliphatic heterocycles. The fraction of sp³-hybridized carbons (Fsp3) is 0.526. The molecule has 3 heteroatoms. The standard InChI is InChI=1S/C19H26N2O/c1-13-8-7-11-16-18(13)20-14(2)17(19(16)22)12-21(3)15-9-5-4-6-10-15/h7-8,11,15H,4-6,9-10,12H2,1-3H3,(H,20,22)/p+1. The highest BCUT2D eigenvalue weighted by Gasteiger charge is 2.23. The van der Waals surface area contributed by atoms with Crippen molar-refractivity contribution in [3.63, 3.8) is 0 Å². The van der Waals surface area contributed by atoms with Crippen LogP contribution >= 0.6 is 0 Å². The summed E-state index contributed by atoms with van der Waals surface area (Å²) >= 11 is 0. The predicted molar refractivity (Wildman–Crippen MR) is 91.5 cm³/mol. The van der Waals surface area contributed by atoms with Crippen molar-refractivity contribution < 1.29 is 4.90 Å². The third-order valence-electron chi connectivity index (χ3n) is 5.31. The molecule has 0 saturated heterocycles. The number of para-hydroxylation sites is 1. The lowest BCUT2D eigenvalue weighted by atomic mass is 9.94. The van der Waals surface area contributed by atoms with E-state index in [9.17, 15) is 4.79 Å². The first kappa shape index (κ1) is 15.3. The van der Waals surface area contributed by atoms with Gasteiger partial charge in [-0.25, -0.2) is 0 Å². The predicted octanol–water partition coefficient (Wildman–Crippen LogP) is 2.49. The van der Waals surface area contributed by atoms with Crippen molar-refractivity contribution in [2.75, 3.05) is 7.05 Å². The Hall–Kier alpha value is -1.61. The monoisotopic (exact) mass is 299 g/mol. The summed E-state index contributed by atoms with van der Waals surface area (Å²) in [6, 6.07) is 6.68. The summed E-state index contributed by atoms with van der Waals surface area (Å²) in [5.74, 6) is 0. The molecule has 1 aromatic heterocycles. The third kappa shape index (κ3) is 2.82. The molecule has 1 aliphatic rings. The lowest BCUT2D eigenvalue weighted by molar-refractivity contribution is -0.921. The number of pyridine rings is 1. The van der Waals surface area contributed by atoms with Gasteiger partial charge in [-0.1, -0.05) is 18.6 Å². The van der Waals surface area contributed by atoms with E-state index in [1.165, 1.54) is 37.0 Å². The van der Waals surface area contributed by atoms with Gasteiger partial charge in [-0.2, -0.15) is 0 Å². The number of H-pyrrole nitrogens is 1. The van der Waals surface area contributed by atoms with Crippen LogP contribution in [-0.4, -0.2) is 18.1 Å². The minimum Gasteiger partial charge on any atom is -0.358 e. The van der Waals surface area contributed by atoms with Crippen molar-refractivity contribution in [1.29, 1.82) is 0 Å². The minimum absolute atomic E-state index is 0.213. The van der Waals surface area contributed by atoms with Crippen molar-refractivity contribution in [3.8, 4) is 0 Å². The summed E-state index contributed by atoms with van der Waals surface area (Å²) < 4.78 is 0. The number of benzene rings is 1. The second-order valence-corrected chi connectivity index (χ2v) is 6.91. The van der Waals surface area contributed by atoms with Gasteiger partial charge in [0.15, 0.2) is 5.43 Å². The number of aromatic amines is 1. The maximum absolute atomic E-state index is 12.9. The minimum atomic E-state index is 0.213. The van der Waals surface area contributed by atoms with Gasteiger partial charge >= 0.3 is 0 Å². The Kier molecular flexibility index (Phi) is 4.34. The van der Waals surface area contributed by atoms with Gasteiger partial charge < -0.3 is 9.88 Å². The zero-order valence-corrected chi connectivity index (χ0v) is 14.0. The Morgan fingerprint density at radius 2 is 1.91 bits per heavy atom. The number of quaternary nitrogens is 1. The SMILES string of the molecule is Cc1[nH]c2c(C)cccc2c(=O)c1C[NH+](C)C1CCCCC1. The molecule has 118 valence electrons. The van der Waals surface area contributed by atoms with Crippen LogP contribution in [0.15, 0.2) is 23.0 Å². The highest BCUT2D eigenvalue weighted by Crippen LogP contribution is 2.17. The molecule has 1 unspecified atom stereocenters. The van der Waals surface area contributed by atoms with E-state index in [0.717, 1.165) is 34.3 Å². The summed E-state index contributed by atoms with van der Waals surface area (Å²) in [4.78, 5) is 17.8.